The van der Waals surface area contributed by atoms with Gasteiger partial charge < -0.3 is 14.7 Å². The van der Waals surface area contributed by atoms with Gasteiger partial charge in [-0.15, -0.1) is 0 Å². The highest BCUT2D eigenvalue weighted by molar-refractivity contribution is 5.92. The smallest absolute Gasteiger partial charge is 0.340 e. The van der Waals surface area contributed by atoms with Crippen LogP contribution in [0.1, 0.15) is 35.3 Å². The van der Waals surface area contributed by atoms with Crippen LogP contribution in [0.4, 0.5) is 0 Å². The van der Waals surface area contributed by atoms with E-state index >= 15 is 0 Å². The van der Waals surface area contributed by atoms with E-state index in [2.05, 4.69) is 9.88 Å². The van der Waals surface area contributed by atoms with Crippen LogP contribution in [0.25, 0.3) is 0 Å². The predicted molar refractivity (Wildman–Crippen MR) is 76.2 cm³/mol. The number of pyridine rings is 1. The molecule has 1 fully saturated rings. The largest absolute Gasteiger partial charge is 0.481 e. The Labute approximate surface area is 123 Å². The van der Waals surface area contributed by atoms with Crippen LogP contribution >= 0.6 is 0 Å². The zero-order valence-electron chi connectivity index (χ0n) is 12.3. The summed E-state index contributed by atoms with van der Waals surface area (Å²) in [5.41, 5.74) is 0.560. The van der Waals surface area contributed by atoms with Gasteiger partial charge in [0.2, 0.25) is 0 Å². The quantitative estimate of drug-likeness (QED) is 0.826. The summed E-state index contributed by atoms with van der Waals surface area (Å²) in [6.45, 7) is 3.51. The Hall–Kier alpha value is -1.95. The first-order valence-electron chi connectivity index (χ1n) is 7.08. The first-order chi connectivity index (χ1) is 10.0. The number of likely N-dealkylation sites (tertiary alicyclic amines) is 1. The topological polar surface area (TPSA) is 79.7 Å². The molecule has 1 aromatic heterocycles. The highest BCUT2D eigenvalue weighted by Crippen LogP contribution is 2.32. The van der Waals surface area contributed by atoms with Crippen LogP contribution in [0.3, 0.4) is 0 Å². The third kappa shape index (κ3) is 3.39. The maximum atomic E-state index is 12.0. The van der Waals surface area contributed by atoms with Crippen LogP contribution < -0.4 is 0 Å². The second kappa shape index (κ2) is 6.67. The van der Waals surface area contributed by atoms with Crippen molar-refractivity contribution in [3.63, 3.8) is 0 Å². The molecule has 0 amide bonds. The standard InChI is InChI=1S/C15H20N2O4/c1-3-21-15(20)11-5-4-7-16-13(11)12(14(18)19)10-6-8-17(2)9-10/h4-5,7,10,12H,3,6,8-9H2,1-2H3,(H,18,19). The van der Waals surface area contributed by atoms with Gasteiger partial charge in [0.1, 0.15) is 5.92 Å². The minimum atomic E-state index is -0.945. The maximum Gasteiger partial charge on any atom is 0.340 e. The summed E-state index contributed by atoms with van der Waals surface area (Å²) in [6, 6.07) is 3.20. The van der Waals surface area contributed by atoms with Crippen molar-refractivity contribution in [2.24, 2.45) is 5.92 Å². The van der Waals surface area contributed by atoms with Crippen LogP contribution in [0.2, 0.25) is 0 Å². The number of esters is 1. The summed E-state index contributed by atoms with van der Waals surface area (Å²) in [5.74, 6) is -2.29. The molecule has 0 spiro atoms. The van der Waals surface area contributed by atoms with Gasteiger partial charge in [-0.05, 0) is 45.0 Å². The van der Waals surface area contributed by atoms with Gasteiger partial charge in [-0.2, -0.15) is 0 Å². The molecular formula is C15H20N2O4. The fraction of sp³-hybridized carbons (Fsp3) is 0.533. The highest BCUT2D eigenvalue weighted by atomic mass is 16.5. The zero-order chi connectivity index (χ0) is 15.4. The molecule has 0 radical (unpaired) electrons. The molecule has 1 saturated heterocycles. The molecule has 114 valence electrons. The Morgan fingerprint density at radius 1 is 1.57 bits per heavy atom. The number of nitrogens with zero attached hydrogens (tertiary/aromatic N) is 2. The number of aliphatic carboxylic acids is 1. The second-order valence-electron chi connectivity index (χ2n) is 5.28. The minimum absolute atomic E-state index is 0.0458. The van der Waals surface area contributed by atoms with E-state index in [1.807, 2.05) is 7.05 Å². The van der Waals surface area contributed by atoms with Gasteiger partial charge in [0.05, 0.1) is 17.9 Å². The molecule has 1 N–H and O–H groups in total. The number of carboxylic acids is 1. The van der Waals surface area contributed by atoms with Gasteiger partial charge >= 0.3 is 11.9 Å². The van der Waals surface area contributed by atoms with E-state index in [0.29, 0.717) is 12.2 Å². The van der Waals surface area contributed by atoms with E-state index in [-0.39, 0.29) is 18.1 Å². The van der Waals surface area contributed by atoms with Crippen molar-refractivity contribution < 1.29 is 19.4 Å². The molecule has 2 unspecified atom stereocenters. The Morgan fingerprint density at radius 3 is 2.90 bits per heavy atom. The molecule has 0 aromatic carbocycles. The fourth-order valence-corrected chi connectivity index (χ4v) is 2.83. The minimum Gasteiger partial charge on any atom is -0.481 e. The van der Waals surface area contributed by atoms with Crippen molar-refractivity contribution in [2.75, 3.05) is 26.7 Å². The van der Waals surface area contributed by atoms with E-state index < -0.39 is 17.9 Å². The van der Waals surface area contributed by atoms with Gasteiger partial charge in [-0.25, -0.2) is 4.79 Å². The average molecular weight is 292 g/mol. The van der Waals surface area contributed by atoms with Gasteiger partial charge in [0.15, 0.2) is 0 Å². The molecule has 0 saturated carbocycles. The van der Waals surface area contributed by atoms with E-state index in [9.17, 15) is 14.7 Å². The molecule has 21 heavy (non-hydrogen) atoms. The predicted octanol–water partition coefficient (Wildman–Crippen LogP) is 1.38. The van der Waals surface area contributed by atoms with Crippen molar-refractivity contribution in [1.29, 1.82) is 0 Å². The molecule has 1 aromatic rings. The first-order valence-corrected chi connectivity index (χ1v) is 7.08. The van der Waals surface area contributed by atoms with E-state index in [0.717, 1.165) is 13.0 Å². The molecule has 1 aliphatic heterocycles. The van der Waals surface area contributed by atoms with Crippen LogP contribution in [0.5, 0.6) is 0 Å². The lowest BCUT2D eigenvalue weighted by Crippen LogP contribution is -2.27. The molecule has 2 rings (SSSR count). The van der Waals surface area contributed by atoms with Gasteiger partial charge in [-0.3, -0.25) is 9.78 Å². The molecule has 6 heteroatoms. The van der Waals surface area contributed by atoms with Gasteiger partial charge in [0.25, 0.3) is 0 Å². The number of rotatable bonds is 5. The van der Waals surface area contributed by atoms with E-state index in [4.69, 9.17) is 4.74 Å². The summed E-state index contributed by atoms with van der Waals surface area (Å²) in [5, 5.41) is 9.60. The van der Waals surface area contributed by atoms with Crippen LogP contribution in [-0.4, -0.2) is 53.7 Å². The summed E-state index contributed by atoms with van der Waals surface area (Å²) in [7, 11) is 1.96. The lowest BCUT2D eigenvalue weighted by atomic mass is 9.86. The first kappa shape index (κ1) is 15.4. The Morgan fingerprint density at radius 2 is 2.33 bits per heavy atom. The van der Waals surface area contributed by atoms with Crippen molar-refractivity contribution in [3.05, 3.63) is 29.6 Å². The number of hydrogen-bond donors (Lipinski definition) is 1. The van der Waals surface area contributed by atoms with Crippen LogP contribution in [-0.2, 0) is 9.53 Å². The third-order valence-electron chi connectivity index (χ3n) is 3.79. The van der Waals surface area contributed by atoms with Crippen molar-refractivity contribution in [3.8, 4) is 0 Å². The lowest BCUT2D eigenvalue weighted by Gasteiger charge is -2.20. The average Bonchev–Trinajstić information content (AvgIpc) is 2.85. The number of aromatic nitrogens is 1. The van der Waals surface area contributed by atoms with Crippen molar-refractivity contribution in [1.82, 2.24) is 9.88 Å². The molecule has 2 atom stereocenters. The summed E-state index contributed by atoms with van der Waals surface area (Å²) in [6.07, 6.45) is 2.30. The summed E-state index contributed by atoms with van der Waals surface area (Å²) >= 11 is 0. The number of carbonyl (C=O) groups excluding carboxylic acids is 1. The van der Waals surface area contributed by atoms with E-state index in [1.165, 1.54) is 6.20 Å². The Balaban J connectivity index is 2.37. The number of carbonyl (C=O) groups is 2. The molecule has 6 nitrogen and oxygen atoms in total. The molecular weight excluding hydrogens is 272 g/mol. The maximum absolute atomic E-state index is 12.0. The number of hydrogen-bond acceptors (Lipinski definition) is 5. The Bertz CT molecular complexity index is 532. The SMILES string of the molecule is CCOC(=O)c1cccnc1C(C(=O)O)C1CCN(C)C1. The normalized spacial score (nSPS) is 20.2. The Kier molecular flexibility index (Phi) is 4.90. The molecule has 0 aliphatic carbocycles. The third-order valence-corrected chi connectivity index (χ3v) is 3.79. The van der Waals surface area contributed by atoms with Crippen LogP contribution in [0, 0.1) is 5.92 Å². The van der Waals surface area contributed by atoms with Crippen LogP contribution in [0.15, 0.2) is 18.3 Å². The summed E-state index contributed by atoms with van der Waals surface area (Å²) < 4.78 is 5.00. The monoisotopic (exact) mass is 292 g/mol. The van der Waals surface area contributed by atoms with Gasteiger partial charge in [-0.1, -0.05) is 0 Å². The van der Waals surface area contributed by atoms with Crippen molar-refractivity contribution in [2.45, 2.75) is 19.3 Å². The van der Waals surface area contributed by atoms with E-state index in [1.54, 1.807) is 19.1 Å². The second-order valence-corrected chi connectivity index (χ2v) is 5.28. The molecule has 0 bridgehead atoms. The lowest BCUT2D eigenvalue weighted by molar-refractivity contribution is -0.140. The number of carboxylic acid groups (broad SMARTS) is 1. The molecule has 1 aliphatic rings. The fourth-order valence-electron chi connectivity index (χ4n) is 2.83. The van der Waals surface area contributed by atoms with Gasteiger partial charge in [0, 0.05) is 12.7 Å². The highest BCUT2D eigenvalue weighted by Gasteiger charge is 2.37. The zero-order valence-corrected chi connectivity index (χ0v) is 12.3. The number of ether oxygens (including phenoxy) is 1. The summed E-state index contributed by atoms with van der Waals surface area (Å²) in [4.78, 5) is 30.0. The van der Waals surface area contributed by atoms with Crippen molar-refractivity contribution >= 4 is 11.9 Å². The molecule has 2 heterocycles.